The predicted octanol–water partition coefficient (Wildman–Crippen LogP) is 2.34. The van der Waals surface area contributed by atoms with Gasteiger partial charge in [-0.05, 0) is 51.3 Å². The lowest BCUT2D eigenvalue weighted by molar-refractivity contribution is -0.137. The molecule has 0 amide bonds. The molecule has 1 fully saturated rings. The molecule has 0 bridgehead atoms. The third-order valence-corrected chi connectivity index (χ3v) is 4.15. The van der Waals surface area contributed by atoms with Gasteiger partial charge in [0.2, 0.25) is 0 Å². The minimum Gasteiger partial charge on any atom is -0.323 e. The molecule has 6 heteroatoms. The Morgan fingerprint density at radius 3 is 2.33 bits per heavy atom. The maximum atomic E-state index is 12.6. The number of halogens is 3. The number of nitrogens with zero attached hydrogens (tertiary/aromatic N) is 2. The molecule has 3 nitrogen and oxygen atoms in total. The highest BCUT2D eigenvalue weighted by Crippen LogP contribution is 2.30. The average molecular weight is 301 g/mol. The van der Waals surface area contributed by atoms with E-state index in [-0.39, 0.29) is 12.1 Å². The van der Waals surface area contributed by atoms with Gasteiger partial charge in [0.05, 0.1) is 5.56 Å². The van der Waals surface area contributed by atoms with Gasteiger partial charge in [0, 0.05) is 18.6 Å². The number of nitrogens with two attached hydrogens (primary N) is 1. The highest BCUT2D eigenvalue weighted by molar-refractivity contribution is 5.27. The second kappa shape index (κ2) is 6.34. The summed E-state index contributed by atoms with van der Waals surface area (Å²) >= 11 is 0. The van der Waals surface area contributed by atoms with Crippen LogP contribution in [0.5, 0.6) is 0 Å². The van der Waals surface area contributed by atoms with Crippen molar-refractivity contribution >= 4 is 0 Å². The van der Waals surface area contributed by atoms with E-state index in [1.165, 1.54) is 12.1 Å². The van der Waals surface area contributed by atoms with E-state index in [0.717, 1.165) is 43.8 Å². The number of rotatable bonds is 2. The van der Waals surface area contributed by atoms with Crippen LogP contribution in [0.15, 0.2) is 24.3 Å². The first-order valence-corrected chi connectivity index (χ1v) is 7.10. The molecule has 1 aliphatic rings. The normalized spacial score (nSPS) is 23.8. The summed E-state index contributed by atoms with van der Waals surface area (Å²) in [5, 5.41) is 0. The molecule has 118 valence electrons. The van der Waals surface area contributed by atoms with Gasteiger partial charge in [0.1, 0.15) is 0 Å². The molecule has 2 atom stereocenters. The molecule has 1 aromatic rings. The minimum atomic E-state index is -4.30. The number of alkyl halides is 3. The van der Waals surface area contributed by atoms with Gasteiger partial charge in [-0.25, -0.2) is 0 Å². The first kappa shape index (κ1) is 16.3. The lowest BCUT2D eigenvalue weighted by Gasteiger charge is -2.32. The molecule has 2 N–H and O–H groups in total. The summed E-state index contributed by atoms with van der Waals surface area (Å²) in [7, 11) is 4.07. The van der Waals surface area contributed by atoms with E-state index in [1.807, 2.05) is 14.1 Å². The SMILES string of the molecule is CN1CCCN(C)C(C(N)c2ccc(C(F)(F)F)cc2)C1. The van der Waals surface area contributed by atoms with Crippen LogP contribution in [-0.2, 0) is 6.18 Å². The van der Waals surface area contributed by atoms with Crippen LogP contribution in [0.1, 0.15) is 23.6 Å². The van der Waals surface area contributed by atoms with Crippen molar-refractivity contribution in [2.75, 3.05) is 33.7 Å². The Kier molecular flexibility index (Phi) is 4.91. The molecule has 2 rings (SSSR count). The van der Waals surface area contributed by atoms with Crippen LogP contribution >= 0.6 is 0 Å². The van der Waals surface area contributed by atoms with Crippen LogP contribution in [-0.4, -0.2) is 49.6 Å². The maximum absolute atomic E-state index is 12.6. The van der Waals surface area contributed by atoms with Crippen molar-refractivity contribution in [2.24, 2.45) is 5.73 Å². The molecule has 1 saturated heterocycles. The summed E-state index contributed by atoms with van der Waals surface area (Å²) in [5.74, 6) is 0. The fourth-order valence-electron chi connectivity index (χ4n) is 2.81. The van der Waals surface area contributed by atoms with E-state index in [0.29, 0.717) is 0 Å². The number of hydrogen-bond acceptors (Lipinski definition) is 3. The molecule has 0 radical (unpaired) electrons. The van der Waals surface area contributed by atoms with E-state index in [2.05, 4.69) is 9.80 Å². The minimum absolute atomic E-state index is 0.106. The van der Waals surface area contributed by atoms with E-state index in [9.17, 15) is 13.2 Å². The van der Waals surface area contributed by atoms with Crippen molar-refractivity contribution in [1.82, 2.24) is 9.80 Å². The number of hydrogen-bond donors (Lipinski definition) is 1. The van der Waals surface area contributed by atoms with Crippen LogP contribution in [0.2, 0.25) is 0 Å². The van der Waals surface area contributed by atoms with Crippen LogP contribution in [0.25, 0.3) is 0 Å². The molecule has 0 saturated carbocycles. The molecule has 0 spiro atoms. The van der Waals surface area contributed by atoms with Gasteiger partial charge >= 0.3 is 6.18 Å². The fourth-order valence-corrected chi connectivity index (χ4v) is 2.81. The Morgan fingerprint density at radius 2 is 1.76 bits per heavy atom. The Balaban J connectivity index is 2.16. The first-order chi connectivity index (χ1) is 9.79. The van der Waals surface area contributed by atoms with E-state index in [1.54, 1.807) is 0 Å². The van der Waals surface area contributed by atoms with Crippen molar-refractivity contribution < 1.29 is 13.2 Å². The van der Waals surface area contributed by atoms with Crippen molar-refractivity contribution in [3.05, 3.63) is 35.4 Å². The average Bonchev–Trinajstić information content (AvgIpc) is 2.59. The predicted molar refractivity (Wildman–Crippen MR) is 76.9 cm³/mol. The molecule has 1 aromatic carbocycles. The van der Waals surface area contributed by atoms with Gasteiger partial charge in [-0.1, -0.05) is 12.1 Å². The van der Waals surface area contributed by atoms with Crippen molar-refractivity contribution in [3.8, 4) is 0 Å². The summed E-state index contributed by atoms with van der Waals surface area (Å²) < 4.78 is 37.8. The van der Waals surface area contributed by atoms with Crippen molar-refractivity contribution in [3.63, 3.8) is 0 Å². The lowest BCUT2D eigenvalue weighted by atomic mass is 9.97. The summed E-state index contributed by atoms with van der Waals surface area (Å²) in [6.07, 6.45) is -3.23. The molecular formula is C15H22F3N3. The zero-order chi connectivity index (χ0) is 15.6. The third kappa shape index (κ3) is 3.96. The summed E-state index contributed by atoms with van der Waals surface area (Å²) in [6, 6.07) is 5.01. The van der Waals surface area contributed by atoms with Gasteiger partial charge in [-0.15, -0.1) is 0 Å². The Labute approximate surface area is 123 Å². The smallest absolute Gasteiger partial charge is 0.323 e. The monoisotopic (exact) mass is 301 g/mol. The maximum Gasteiger partial charge on any atom is 0.416 e. The number of likely N-dealkylation sites (N-methyl/N-ethyl adjacent to an activating group) is 2. The van der Waals surface area contributed by atoms with Crippen molar-refractivity contribution in [1.29, 1.82) is 0 Å². The third-order valence-electron chi connectivity index (χ3n) is 4.15. The Hall–Kier alpha value is -1.11. The summed E-state index contributed by atoms with van der Waals surface area (Å²) in [6.45, 7) is 2.78. The lowest BCUT2D eigenvalue weighted by Crippen LogP contribution is -2.45. The highest BCUT2D eigenvalue weighted by Gasteiger charge is 2.31. The van der Waals surface area contributed by atoms with E-state index in [4.69, 9.17) is 5.73 Å². The van der Waals surface area contributed by atoms with Crippen molar-refractivity contribution in [2.45, 2.75) is 24.7 Å². The highest BCUT2D eigenvalue weighted by atomic mass is 19.4. The number of benzene rings is 1. The fraction of sp³-hybridized carbons (Fsp3) is 0.600. The molecule has 1 aliphatic heterocycles. The van der Waals surface area contributed by atoms with Crippen LogP contribution in [0.3, 0.4) is 0 Å². The molecule has 0 aromatic heterocycles. The summed E-state index contributed by atoms with van der Waals surface area (Å²) in [4.78, 5) is 4.42. The molecule has 1 heterocycles. The Morgan fingerprint density at radius 1 is 1.14 bits per heavy atom. The molecule has 0 aliphatic carbocycles. The van der Waals surface area contributed by atoms with Gasteiger partial charge in [0.25, 0.3) is 0 Å². The summed E-state index contributed by atoms with van der Waals surface area (Å²) in [5.41, 5.74) is 6.41. The molecule has 21 heavy (non-hydrogen) atoms. The zero-order valence-corrected chi connectivity index (χ0v) is 12.4. The van der Waals surface area contributed by atoms with Crippen LogP contribution in [0, 0.1) is 0 Å². The topological polar surface area (TPSA) is 32.5 Å². The quantitative estimate of drug-likeness (QED) is 0.910. The van der Waals surface area contributed by atoms with Gasteiger partial charge in [-0.2, -0.15) is 13.2 Å². The van der Waals surface area contributed by atoms with E-state index >= 15 is 0 Å². The molecular weight excluding hydrogens is 279 g/mol. The Bertz CT molecular complexity index is 458. The van der Waals surface area contributed by atoms with Crippen LogP contribution in [0.4, 0.5) is 13.2 Å². The first-order valence-electron chi connectivity index (χ1n) is 7.10. The van der Waals surface area contributed by atoms with E-state index < -0.39 is 11.7 Å². The van der Waals surface area contributed by atoms with Crippen LogP contribution < -0.4 is 5.73 Å². The zero-order valence-electron chi connectivity index (χ0n) is 12.4. The molecule has 2 unspecified atom stereocenters. The van der Waals surface area contributed by atoms with Gasteiger partial charge < -0.3 is 15.5 Å². The second-order valence-electron chi connectivity index (χ2n) is 5.81. The van der Waals surface area contributed by atoms with Gasteiger partial charge in [-0.3, -0.25) is 0 Å². The van der Waals surface area contributed by atoms with Gasteiger partial charge in [0.15, 0.2) is 0 Å². The second-order valence-corrected chi connectivity index (χ2v) is 5.81. The largest absolute Gasteiger partial charge is 0.416 e. The standard InChI is InChI=1S/C15H22F3N3/c1-20-8-3-9-21(2)13(10-20)14(19)11-4-6-12(7-5-11)15(16,17)18/h4-7,13-14H,3,8-10,19H2,1-2H3.